The topological polar surface area (TPSA) is 63.6 Å². The number of benzene rings is 1. The summed E-state index contributed by atoms with van der Waals surface area (Å²) in [6.07, 6.45) is 1.83. The fraction of sp³-hybridized carbons (Fsp3) is 0.478. The van der Waals surface area contributed by atoms with Crippen LogP contribution < -0.4 is 4.74 Å². The van der Waals surface area contributed by atoms with E-state index >= 15 is 0 Å². The smallest absolute Gasteiger partial charge is 0.163 e. The average molecular weight is 445 g/mol. The number of fused-ring (bicyclic) bond motifs is 1. The van der Waals surface area contributed by atoms with E-state index in [2.05, 4.69) is 29.8 Å². The minimum Gasteiger partial charge on any atom is -0.512 e. The Balaban J connectivity index is 1.95. The lowest BCUT2D eigenvalue weighted by atomic mass is 9.66. The van der Waals surface area contributed by atoms with E-state index in [1.54, 1.807) is 0 Å². The molecule has 0 spiro atoms. The second-order valence-electron chi connectivity index (χ2n) is 9.80. The van der Waals surface area contributed by atoms with Gasteiger partial charge in [-0.3, -0.25) is 9.59 Å². The summed E-state index contributed by atoms with van der Waals surface area (Å²) >= 11 is 3.48. The second-order valence-corrected chi connectivity index (χ2v) is 10.7. The number of carbonyl (C=O) groups is 2. The zero-order valence-electron chi connectivity index (χ0n) is 16.7. The summed E-state index contributed by atoms with van der Waals surface area (Å²) in [7, 11) is 0. The minimum absolute atomic E-state index is 0.00255. The van der Waals surface area contributed by atoms with Gasteiger partial charge in [0.05, 0.1) is 5.92 Å². The molecule has 0 fully saturated rings. The van der Waals surface area contributed by atoms with Gasteiger partial charge in [-0.1, -0.05) is 49.7 Å². The first-order valence-corrected chi connectivity index (χ1v) is 10.5. The van der Waals surface area contributed by atoms with Crippen LogP contribution in [0.25, 0.3) is 0 Å². The summed E-state index contributed by atoms with van der Waals surface area (Å²) in [5, 5.41) is 10.9. The average Bonchev–Trinajstić information content (AvgIpc) is 2.50. The maximum absolute atomic E-state index is 13.2. The van der Waals surface area contributed by atoms with Gasteiger partial charge in [-0.15, -0.1) is 0 Å². The number of ether oxygens (including phenoxy) is 1. The van der Waals surface area contributed by atoms with Gasteiger partial charge in [-0.25, -0.2) is 0 Å². The van der Waals surface area contributed by atoms with Gasteiger partial charge in [-0.05, 0) is 23.0 Å². The van der Waals surface area contributed by atoms with Gasteiger partial charge < -0.3 is 9.84 Å². The summed E-state index contributed by atoms with van der Waals surface area (Å²) in [5.41, 5.74) is 1.20. The molecule has 0 bridgehead atoms. The largest absolute Gasteiger partial charge is 0.512 e. The van der Waals surface area contributed by atoms with E-state index in [9.17, 15) is 14.7 Å². The van der Waals surface area contributed by atoms with Gasteiger partial charge in [0.25, 0.3) is 0 Å². The molecule has 1 heterocycles. The Kier molecular flexibility index (Phi) is 4.38. The molecule has 0 saturated heterocycles. The second kappa shape index (κ2) is 6.31. The first-order chi connectivity index (χ1) is 13.0. The van der Waals surface area contributed by atoms with E-state index in [0.717, 1.165) is 10.0 Å². The zero-order chi connectivity index (χ0) is 20.4. The lowest BCUT2D eigenvalue weighted by Gasteiger charge is -2.40. The molecule has 1 aromatic carbocycles. The van der Waals surface area contributed by atoms with Gasteiger partial charge >= 0.3 is 0 Å². The van der Waals surface area contributed by atoms with Crippen LogP contribution in [0.1, 0.15) is 64.9 Å². The van der Waals surface area contributed by atoms with E-state index in [1.807, 2.05) is 32.0 Å². The molecule has 0 saturated carbocycles. The van der Waals surface area contributed by atoms with Crippen molar-refractivity contribution in [3.63, 3.8) is 0 Å². The predicted octanol–water partition coefficient (Wildman–Crippen LogP) is 5.77. The van der Waals surface area contributed by atoms with Crippen LogP contribution in [0.2, 0.25) is 0 Å². The standard InChI is InChI=1S/C23H25BrO4/c1-22(2)8-14(25)20(15(26)9-22)19-13-6-5-12(24)7-17(13)28-18-11-23(3,4)10-16(27)21(18)19/h5-7,19,25H,8-11H2,1-4H3. The molecule has 1 atom stereocenters. The number of ketones is 2. The van der Waals surface area contributed by atoms with Gasteiger partial charge in [-0.2, -0.15) is 0 Å². The van der Waals surface area contributed by atoms with Crippen molar-refractivity contribution in [3.8, 4) is 5.75 Å². The Morgan fingerprint density at radius 3 is 2.21 bits per heavy atom. The van der Waals surface area contributed by atoms with Crippen molar-refractivity contribution in [2.75, 3.05) is 0 Å². The number of rotatable bonds is 1. The summed E-state index contributed by atoms with van der Waals surface area (Å²) in [4.78, 5) is 26.3. The summed E-state index contributed by atoms with van der Waals surface area (Å²) in [5.74, 6) is 0.739. The number of aliphatic hydroxyl groups excluding tert-OH is 1. The third kappa shape index (κ3) is 3.24. The van der Waals surface area contributed by atoms with E-state index in [1.165, 1.54) is 0 Å². The Morgan fingerprint density at radius 1 is 0.964 bits per heavy atom. The molecule has 3 aliphatic rings. The molecular weight excluding hydrogens is 420 g/mol. The van der Waals surface area contributed by atoms with Crippen molar-refractivity contribution in [2.24, 2.45) is 10.8 Å². The Labute approximate surface area is 173 Å². The lowest BCUT2D eigenvalue weighted by Crippen LogP contribution is -2.36. The highest BCUT2D eigenvalue weighted by Crippen LogP contribution is 2.53. The van der Waals surface area contributed by atoms with Crippen LogP contribution in [-0.4, -0.2) is 16.7 Å². The van der Waals surface area contributed by atoms with Crippen LogP contribution in [0.3, 0.4) is 0 Å². The third-order valence-electron chi connectivity index (χ3n) is 5.87. The fourth-order valence-corrected chi connectivity index (χ4v) is 5.08. The van der Waals surface area contributed by atoms with Crippen molar-refractivity contribution in [2.45, 2.75) is 59.3 Å². The molecule has 1 unspecified atom stereocenters. The van der Waals surface area contributed by atoms with Crippen molar-refractivity contribution in [3.05, 3.63) is 50.9 Å². The Morgan fingerprint density at radius 2 is 1.57 bits per heavy atom. The van der Waals surface area contributed by atoms with E-state index in [4.69, 9.17) is 4.74 Å². The summed E-state index contributed by atoms with van der Waals surface area (Å²) in [6.45, 7) is 8.06. The molecule has 4 nitrogen and oxygen atoms in total. The maximum Gasteiger partial charge on any atom is 0.163 e. The molecule has 0 aromatic heterocycles. The number of hydrogen-bond acceptors (Lipinski definition) is 4. The van der Waals surface area contributed by atoms with Crippen molar-refractivity contribution >= 4 is 27.5 Å². The molecule has 4 rings (SSSR count). The minimum atomic E-state index is -0.556. The molecule has 28 heavy (non-hydrogen) atoms. The predicted molar refractivity (Wildman–Crippen MR) is 110 cm³/mol. The normalized spacial score (nSPS) is 26.0. The van der Waals surface area contributed by atoms with Crippen LogP contribution in [0.4, 0.5) is 0 Å². The fourth-order valence-electron chi connectivity index (χ4n) is 4.74. The van der Waals surface area contributed by atoms with Crippen LogP contribution in [-0.2, 0) is 9.59 Å². The molecule has 5 heteroatoms. The van der Waals surface area contributed by atoms with Crippen LogP contribution in [0.5, 0.6) is 5.75 Å². The number of aliphatic hydroxyl groups is 1. The van der Waals surface area contributed by atoms with Gasteiger partial charge in [0.1, 0.15) is 17.3 Å². The quantitative estimate of drug-likeness (QED) is 0.596. The molecule has 1 N–H and O–H groups in total. The highest BCUT2D eigenvalue weighted by molar-refractivity contribution is 9.10. The SMILES string of the molecule is CC1(C)CC(=O)C(C2C3=C(CC(C)(C)CC3=O)Oc3cc(Br)ccc32)=C(O)C1. The van der Waals surface area contributed by atoms with Gasteiger partial charge in [0, 0.05) is 46.9 Å². The molecule has 0 radical (unpaired) electrons. The lowest BCUT2D eigenvalue weighted by molar-refractivity contribution is -0.119. The van der Waals surface area contributed by atoms with Crippen LogP contribution in [0, 0.1) is 10.8 Å². The molecule has 1 aromatic rings. The van der Waals surface area contributed by atoms with Crippen molar-refractivity contribution in [1.29, 1.82) is 0 Å². The Bertz CT molecular complexity index is 965. The molecular formula is C23H25BrO4. The van der Waals surface area contributed by atoms with Gasteiger partial charge in [0.15, 0.2) is 11.6 Å². The zero-order valence-corrected chi connectivity index (χ0v) is 18.3. The summed E-state index contributed by atoms with van der Waals surface area (Å²) < 4.78 is 7.03. The maximum atomic E-state index is 13.2. The van der Waals surface area contributed by atoms with E-state index in [0.29, 0.717) is 48.3 Å². The molecule has 1 aliphatic heterocycles. The van der Waals surface area contributed by atoms with E-state index in [-0.39, 0.29) is 28.2 Å². The molecule has 148 valence electrons. The highest BCUT2D eigenvalue weighted by Gasteiger charge is 2.46. The number of halogens is 1. The van der Waals surface area contributed by atoms with Gasteiger partial charge in [0.2, 0.25) is 0 Å². The van der Waals surface area contributed by atoms with Crippen LogP contribution in [0.15, 0.2) is 45.3 Å². The Hall–Kier alpha value is -1.88. The molecule has 0 amide bonds. The first-order valence-electron chi connectivity index (χ1n) is 9.66. The number of allylic oxidation sites excluding steroid dienone is 4. The number of Topliss-reactive ketones (excluding diaryl/α,β-unsaturated/α-hetero) is 2. The summed E-state index contributed by atoms with van der Waals surface area (Å²) in [6, 6.07) is 5.63. The third-order valence-corrected chi connectivity index (χ3v) is 6.37. The van der Waals surface area contributed by atoms with E-state index < -0.39 is 5.92 Å². The highest BCUT2D eigenvalue weighted by atomic mass is 79.9. The number of hydrogen-bond donors (Lipinski definition) is 1. The number of carbonyl (C=O) groups excluding carboxylic acids is 2. The monoisotopic (exact) mass is 444 g/mol. The van der Waals surface area contributed by atoms with Crippen molar-refractivity contribution in [1.82, 2.24) is 0 Å². The molecule has 2 aliphatic carbocycles. The van der Waals surface area contributed by atoms with Crippen LogP contribution >= 0.6 is 15.9 Å². The first kappa shape index (κ1) is 19.4. The van der Waals surface area contributed by atoms with Crippen molar-refractivity contribution < 1.29 is 19.4 Å².